The van der Waals surface area contributed by atoms with Crippen LogP contribution < -0.4 is 10.6 Å². The van der Waals surface area contributed by atoms with E-state index in [4.69, 9.17) is 0 Å². The van der Waals surface area contributed by atoms with Crippen LogP contribution in [0.25, 0.3) is 11.3 Å². The van der Waals surface area contributed by atoms with Crippen LogP contribution in [-0.2, 0) is 22.7 Å². The molecule has 1 saturated heterocycles. The predicted octanol–water partition coefficient (Wildman–Crippen LogP) is -0.604. The zero-order valence-electron chi connectivity index (χ0n) is 18.7. The highest BCUT2D eigenvalue weighted by atomic mass is 16.2. The highest BCUT2D eigenvalue weighted by Gasteiger charge is 2.39. The van der Waals surface area contributed by atoms with Crippen molar-refractivity contribution in [3.63, 3.8) is 0 Å². The van der Waals surface area contributed by atoms with Gasteiger partial charge in [0, 0.05) is 24.7 Å². The summed E-state index contributed by atoms with van der Waals surface area (Å²) in [7, 11) is 0. The van der Waals surface area contributed by atoms with Gasteiger partial charge < -0.3 is 10.2 Å². The molecule has 2 aliphatic rings. The molecule has 1 atom stereocenters. The largest absolute Gasteiger partial charge is 0.343 e. The van der Waals surface area contributed by atoms with E-state index in [2.05, 4.69) is 36.2 Å². The molecule has 1 aromatic carbocycles. The maximum Gasteiger partial charge on any atom is 0.273 e. The number of imide groups is 1. The van der Waals surface area contributed by atoms with Crippen molar-refractivity contribution in [1.82, 2.24) is 50.3 Å². The Morgan fingerprint density at radius 1 is 1.14 bits per heavy atom. The van der Waals surface area contributed by atoms with E-state index in [-0.39, 0.29) is 37.0 Å². The van der Waals surface area contributed by atoms with Crippen molar-refractivity contribution in [2.24, 2.45) is 0 Å². The Morgan fingerprint density at radius 3 is 2.89 bits per heavy atom. The summed E-state index contributed by atoms with van der Waals surface area (Å²) < 4.78 is 2.96. The summed E-state index contributed by atoms with van der Waals surface area (Å²) in [5.41, 5.74) is 2.47. The Labute approximate surface area is 202 Å². The lowest BCUT2D eigenvalue weighted by Crippen LogP contribution is -2.52. The molecule has 4 amide bonds. The van der Waals surface area contributed by atoms with Crippen LogP contribution in [0.5, 0.6) is 0 Å². The summed E-state index contributed by atoms with van der Waals surface area (Å²) in [5.74, 6) is -1.04. The smallest absolute Gasteiger partial charge is 0.273 e. The normalized spacial score (nSPS) is 17.4. The summed E-state index contributed by atoms with van der Waals surface area (Å²) >= 11 is 0. The topological polar surface area (TPSA) is 169 Å². The van der Waals surface area contributed by atoms with Gasteiger partial charge in [-0.15, -0.1) is 15.3 Å². The molecule has 1 unspecified atom stereocenters. The number of benzene rings is 1. The number of nitrogens with one attached hydrogen (secondary N) is 2. The fourth-order valence-electron chi connectivity index (χ4n) is 4.35. The van der Waals surface area contributed by atoms with Crippen LogP contribution >= 0.6 is 0 Å². The Kier molecular flexibility index (Phi) is 4.98. The SMILES string of the molecule is O=C1CCC(N2Cc3cc(-n4cc(C(=O)NCc5nnc6cccnn56)nn4)ccc3C2=O)C(=O)N1. The van der Waals surface area contributed by atoms with Crippen molar-refractivity contribution >= 4 is 29.3 Å². The van der Waals surface area contributed by atoms with Gasteiger partial charge >= 0.3 is 0 Å². The fourth-order valence-corrected chi connectivity index (χ4v) is 4.35. The van der Waals surface area contributed by atoms with E-state index in [9.17, 15) is 19.2 Å². The van der Waals surface area contributed by atoms with Crippen LogP contribution in [0.4, 0.5) is 0 Å². The second kappa shape index (κ2) is 8.33. The molecule has 4 aromatic rings. The van der Waals surface area contributed by atoms with Gasteiger partial charge in [-0.3, -0.25) is 24.5 Å². The summed E-state index contributed by atoms with van der Waals surface area (Å²) in [6, 6.07) is 7.92. The number of carbonyl (C=O) groups excluding carboxylic acids is 4. The minimum Gasteiger partial charge on any atom is -0.343 e. The standard InChI is InChI=1S/C22H18N10O4/c33-19-6-5-16(21(35)25-19)30-10-12-8-13(3-4-14(12)22(30)36)31-11-15(26-29-31)20(34)23-9-18-28-27-17-2-1-7-24-32(17)18/h1-4,7-8,11,16H,5-6,9-10H2,(H,23,34)(H,25,33,35). The number of nitrogens with zero attached hydrogens (tertiary/aromatic N) is 8. The number of rotatable bonds is 5. The lowest BCUT2D eigenvalue weighted by atomic mass is 10.0. The van der Waals surface area contributed by atoms with Crippen LogP contribution in [0, 0.1) is 0 Å². The number of fused-ring (bicyclic) bond motifs is 2. The minimum atomic E-state index is -0.690. The Morgan fingerprint density at radius 2 is 2.03 bits per heavy atom. The highest BCUT2D eigenvalue weighted by molar-refractivity contribution is 6.05. The molecule has 2 N–H and O–H groups in total. The zero-order valence-corrected chi connectivity index (χ0v) is 18.7. The van der Waals surface area contributed by atoms with Crippen molar-refractivity contribution < 1.29 is 19.2 Å². The monoisotopic (exact) mass is 486 g/mol. The summed E-state index contributed by atoms with van der Waals surface area (Å²) in [6.07, 6.45) is 3.56. The van der Waals surface area contributed by atoms with Crippen LogP contribution in [0.1, 0.15) is 45.1 Å². The molecule has 14 nitrogen and oxygen atoms in total. The van der Waals surface area contributed by atoms with E-state index in [0.717, 1.165) is 5.56 Å². The first-order valence-electron chi connectivity index (χ1n) is 11.1. The highest BCUT2D eigenvalue weighted by Crippen LogP contribution is 2.29. The molecular weight excluding hydrogens is 468 g/mol. The molecule has 0 radical (unpaired) electrons. The van der Waals surface area contributed by atoms with Crippen molar-refractivity contribution in [1.29, 1.82) is 0 Å². The quantitative estimate of drug-likeness (QED) is 0.350. The zero-order chi connectivity index (χ0) is 24.8. The first-order chi connectivity index (χ1) is 17.5. The third kappa shape index (κ3) is 3.64. The molecule has 36 heavy (non-hydrogen) atoms. The van der Waals surface area contributed by atoms with Crippen LogP contribution in [-0.4, -0.2) is 69.4 Å². The average Bonchev–Trinajstić information content (AvgIpc) is 3.60. The lowest BCUT2D eigenvalue weighted by Gasteiger charge is -2.29. The number of piperidine rings is 1. The predicted molar refractivity (Wildman–Crippen MR) is 119 cm³/mol. The van der Waals surface area contributed by atoms with Crippen molar-refractivity contribution in [2.45, 2.75) is 32.0 Å². The minimum absolute atomic E-state index is 0.0959. The Bertz CT molecular complexity index is 1560. The van der Waals surface area contributed by atoms with E-state index in [1.807, 2.05) is 0 Å². The summed E-state index contributed by atoms with van der Waals surface area (Å²) in [6.45, 7) is 0.331. The number of carbonyl (C=O) groups is 4. The van der Waals surface area contributed by atoms with Gasteiger partial charge in [-0.05, 0) is 42.3 Å². The molecule has 0 bridgehead atoms. The van der Waals surface area contributed by atoms with Crippen molar-refractivity contribution in [3.05, 3.63) is 65.4 Å². The van der Waals surface area contributed by atoms with Gasteiger partial charge in [0.15, 0.2) is 17.2 Å². The molecule has 5 heterocycles. The summed E-state index contributed by atoms with van der Waals surface area (Å²) in [4.78, 5) is 50.6. The molecule has 180 valence electrons. The number of hydrogen-bond donors (Lipinski definition) is 2. The average molecular weight is 486 g/mol. The first-order valence-corrected chi connectivity index (χ1v) is 11.1. The Balaban J connectivity index is 1.16. The number of hydrogen-bond acceptors (Lipinski definition) is 9. The molecule has 2 aliphatic heterocycles. The molecule has 3 aromatic heterocycles. The van der Waals surface area contributed by atoms with Gasteiger partial charge in [0.05, 0.1) is 18.4 Å². The van der Waals surface area contributed by atoms with Crippen LogP contribution in [0.15, 0.2) is 42.7 Å². The van der Waals surface area contributed by atoms with Gasteiger partial charge in [0.1, 0.15) is 6.04 Å². The molecule has 0 aliphatic carbocycles. The van der Waals surface area contributed by atoms with Crippen molar-refractivity contribution in [3.8, 4) is 5.69 Å². The van der Waals surface area contributed by atoms with E-state index < -0.39 is 17.9 Å². The van der Waals surface area contributed by atoms with Crippen molar-refractivity contribution in [2.75, 3.05) is 0 Å². The lowest BCUT2D eigenvalue weighted by molar-refractivity contribution is -0.136. The third-order valence-corrected chi connectivity index (χ3v) is 6.15. The first kappa shape index (κ1) is 21.5. The second-order valence-corrected chi connectivity index (χ2v) is 8.38. The maximum absolute atomic E-state index is 12.9. The molecule has 14 heteroatoms. The van der Waals surface area contributed by atoms with Gasteiger partial charge in [-0.1, -0.05) is 5.21 Å². The fraction of sp³-hybridized carbons (Fsp3) is 0.227. The third-order valence-electron chi connectivity index (χ3n) is 6.15. The second-order valence-electron chi connectivity index (χ2n) is 8.38. The van der Waals surface area contributed by atoms with Gasteiger partial charge in [0.2, 0.25) is 11.8 Å². The van der Waals surface area contributed by atoms with E-state index in [0.29, 0.717) is 29.1 Å². The number of amides is 4. The molecule has 0 saturated carbocycles. The number of aromatic nitrogens is 7. The molecule has 1 fully saturated rings. The summed E-state index contributed by atoms with van der Waals surface area (Å²) in [5, 5.41) is 25.2. The van der Waals surface area contributed by atoms with Crippen LogP contribution in [0.2, 0.25) is 0 Å². The van der Waals surface area contributed by atoms with Gasteiger partial charge in [-0.2, -0.15) is 9.61 Å². The van der Waals surface area contributed by atoms with E-state index in [1.54, 1.807) is 36.5 Å². The van der Waals surface area contributed by atoms with Gasteiger partial charge in [0.25, 0.3) is 11.8 Å². The molecular formula is C22H18N10O4. The van der Waals surface area contributed by atoms with Crippen LogP contribution in [0.3, 0.4) is 0 Å². The van der Waals surface area contributed by atoms with E-state index in [1.165, 1.54) is 20.3 Å². The van der Waals surface area contributed by atoms with E-state index >= 15 is 0 Å². The maximum atomic E-state index is 12.9. The Hall–Kier alpha value is -5.01. The molecule has 6 rings (SSSR count). The molecule has 0 spiro atoms. The van der Waals surface area contributed by atoms with Gasteiger partial charge in [-0.25, -0.2) is 4.68 Å².